The Morgan fingerprint density at radius 3 is 2.62 bits per heavy atom. The van der Waals surface area contributed by atoms with E-state index in [1.54, 1.807) is 13.2 Å². The quantitative estimate of drug-likeness (QED) is 0.717. The number of ether oxygens (including phenoxy) is 1. The van der Waals surface area contributed by atoms with Crippen LogP contribution >= 0.6 is 0 Å². The van der Waals surface area contributed by atoms with Crippen LogP contribution in [0.25, 0.3) is 0 Å². The van der Waals surface area contributed by atoms with Gasteiger partial charge in [0.1, 0.15) is 0 Å². The van der Waals surface area contributed by atoms with Gasteiger partial charge in [0.25, 0.3) is 5.91 Å². The number of carbonyl (C=O) groups excluding carboxylic acids is 1. The molecule has 0 aliphatic carbocycles. The number of aryl methyl sites for hydroxylation is 1. The van der Waals surface area contributed by atoms with E-state index in [1.807, 2.05) is 29.2 Å². The number of hydrogen-bond donors (Lipinski definition) is 2. The van der Waals surface area contributed by atoms with Crippen LogP contribution in [0.2, 0.25) is 0 Å². The molecule has 0 bridgehead atoms. The number of hydrogen-bond acceptors (Lipinski definition) is 5. The summed E-state index contributed by atoms with van der Waals surface area (Å²) >= 11 is 0. The maximum absolute atomic E-state index is 13.2. The SMILES string of the molecule is C.COc1cc(CCC(C)(C)N2Cc3cccc(C(=O)N4CCNCC4)c3C2)ccc1O. The highest BCUT2D eigenvalue weighted by molar-refractivity contribution is 5.96. The molecular weight excluding hydrogens is 402 g/mol. The molecule has 6 nitrogen and oxygen atoms in total. The Kier molecular flexibility index (Phi) is 7.47. The normalized spacial score (nSPS) is 16.4. The summed E-state index contributed by atoms with van der Waals surface area (Å²) in [4.78, 5) is 17.6. The number of amides is 1. The number of benzene rings is 2. The van der Waals surface area contributed by atoms with Crippen LogP contribution in [0.5, 0.6) is 11.5 Å². The molecule has 0 spiro atoms. The third-order valence-corrected chi connectivity index (χ3v) is 6.74. The van der Waals surface area contributed by atoms with Gasteiger partial charge in [0.05, 0.1) is 7.11 Å². The molecule has 2 aliphatic heterocycles. The number of carbonyl (C=O) groups is 1. The number of piperazine rings is 1. The fraction of sp³-hybridized carbons (Fsp3) is 0.500. The molecule has 2 aromatic rings. The zero-order valence-electron chi connectivity index (χ0n) is 18.8. The average Bonchev–Trinajstić information content (AvgIpc) is 3.24. The van der Waals surface area contributed by atoms with Crippen LogP contribution in [0.15, 0.2) is 36.4 Å². The molecule has 0 aromatic heterocycles. The summed E-state index contributed by atoms with van der Waals surface area (Å²) in [5, 5.41) is 13.1. The lowest BCUT2D eigenvalue weighted by Gasteiger charge is -2.36. The van der Waals surface area contributed by atoms with Crippen LogP contribution in [0.3, 0.4) is 0 Å². The topological polar surface area (TPSA) is 65.0 Å². The Labute approximate surface area is 192 Å². The van der Waals surface area contributed by atoms with Crippen molar-refractivity contribution in [1.29, 1.82) is 0 Å². The third kappa shape index (κ3) is 4.92. The highest BCUT2D eigenvalue weighted by atomic mass is 16.5. The molecule has 2 N–H and O–H groups in total. The number of phenolic OH excluding ortho intramolecular Hbond substituents is 1. The summed E-state index contributed by atoms with van der Waals surface area (Å²) in [5.41, 5.74) is 4.43. The van der Waals surface area contributed by atoms with Crippen molar-refractivity contribution in [2.75, 3.05) is 33.3 Å². The maximum Gasteiger partial charge on any atom is 0.254 e. The minimum Gasteiger partial charge on any atom is -0.504 e. The second-order valence-corrected chi connectivity index (χ2v) is 9.16. The first-order chi connectivity index (χ1) is 14.9. The minimum absolute atomic E-state index is 0. The van der Waals surface area contributed by atoms with Crippen LogP contribution in [0, 0.1) is 0 Å². The second-order valence-electron chi connectivity index (χ2n) is 9.16. The highest BCUT2D eigenvalue weighted by Crippen LogP contribution is 2.35. The molecule has 1 saturated heterocycles. The van der Waals surface area contributed by atoms with Crippen LogP contribution in [0.4, 0.5) is 0 Å². The van der Waals surface area contributed by atoms with Gasteiger partial charge in [-0.15, -0.1) is 0 Å². The highest BCUT2D eigenvalue weighted by Gasteiger charge is 2.34. The summed E-state index contributed by atoms with van der Waals surface area (Å²) in [7, 11) is 1.57. The van der Waals surface area contributed by atoms with Crippen molar-refractivity contribution >= 4 is 5.91 Å². The first kappa shape index (κ1) is 24.1. The van der Waals surface area contributed by atoms with Crippen LogP contribution in [0.1, 0.15) is 54.7 Å². The number of nitrogens with one attached hydrogen (secondary N) is 1. The molecular formula is C26H37N3O3. The van der Waals surface area contributed by atoms with E-state index in [1.165, 1.54) is 11.1 Å². The lowest BCUT2D eigenvalue weighted by molar-refractivity contribution is 0.0731. The summed E-state index contributed by atoms with van der Waals surface area (Å²) in [6.45, 7) is 9.48. The summed E-state index contributed by atoms with van der Waals surface area (Å²) < 4.78 is 5.24. The summed E-state index contributed by atoms with van der Waals surface area (Å²) in [6, 6.07) is 11.7. The first-order valence-electron chi connectivity index (χ1n) is 11.1. The van der Waals surface area contributed by atoms with E-state index in [9.17, 15) is 9.90 Å². The number of aromatic hydroxyl groups is 1. The lowest BCUT2D eigenvalue weighted by Crippen LogP contribution is -2.46. The largest absolute Gasteiger partial charge is 0.504 e. The van der Waals surface area contributed by atoms with Crippen molar-refractivity contribution in [1.82, 2.24) is 15.1 Å². The monoisotopic (exact) mass is 439 g/mol. The molecule has 2 aromatic carbocycles. The van der Waals surface area contributed by atoms with E-state index in [-0.39, 0.29) is 24.6 Å². The first-order valence-corrected chi connectivity index (χ1v) is 11.1. The number of phenols is 1. The number of fused-ring (bicyclic) bond motifs is 1. The molecule has 0 radical (unpaired) electrons. The molecule has 0 atom stereocenters. The van der Waals surface area contributed by atoms with Gasteiger partial charge >= 0.3 is 0 Å². The van der Waals surface area contributed by atoms with Gasteiger partial charge in [-0.05, 0) is 61.6 Å². The van der Waals surface area contributed by atoms with Gasteiger partial charge < -0.3 is 20.1 Å². The molecule has 0 saturated carbocycles. The number of nitrogens with zero attached hydrogens (tertiary/aromatic N) is 2. The number of methoxy groups -OCH3 is 1. The fourth-order valence-electron chi connectivity index (χ4n) is 4.57. The van der Waals surface area contributed by atoms with E-state index in [2.05, 4.69) is 30.1 Å². The van der Waals surface area contributed by atoms with Gasteiger partial charge in [0.15, 0.2) is 11.5 Å². The molecule has 6 heteroatoms. The molecule has 4 rings (SSSR count). The Hall–Kier alpha value is -2.57. The van der Waals surface area contributed by atoms with Crippen molar-refractivity contribution in [3.8, 4) is 11.5 Å². The Bertz CT molecular complexity index is 951. The fourth-order valence-corrected chi connectivity index (χ4v) is 4.57. The summed E-state index contributed by atoms with van der Waals surface area (Å²) in [6.07, 6.45) is 1.86. The standard InChI is InChI=1S/C25H33N3O3.CH4/c1-25(2,10-9-18-7-8-22(29)23(15-18)31-3)28-16-19-5-4-6-20(21(19)17-28)24(30)27-13-11-26-12-14-27;/h4-8,15,26,29H,9-14,16-17H2,1-3H3;1H4. The third-order valence-electron chi connectivity index (χ3n) is 6.74. The van der Waals surface area contributed by atoms with Crippen LogP contribution in [-0.4, -0.2) is 59.6 Å². The van der Waals surface area contributed by atoms with Crippen molar-refractivity contribution in [2.45, 2.75) is 52.7 Å². The van der Waals surface area contributed by atoms with Crippen molar-refractivity contribution < 1.29 is 14.6 Å². The molecule has 2 heterocycles. The predicted molar refractivity (Wildman–Crippen MR) is 128 cm³/mol. The Balaban J connectivity index is 0.00000289. The molecule has 0 unspecified atom stereocenters. The van der Waals surface area contributed by atoms with Gasteiger partial charge in [0, 0.05) is 50.4 Å². The van der Waals surface area contributed by atoms with Crippen molar-refractivity contribution in [3.63, 3.8) is 0 Å². The second kappa shape index (κ2) is 9.92. The number of rotatable bonds is 6. The molecule has 174 valence electrons. The predicted octanol–water partition coefficient (Wildman–Crippen LogP) is 3.81. The Morgan fingerprint density at radius 2 is 1.91 bits per heavy atom. The van der Waals surface area contributed by atoms with E-state index in [0.717, 1.165) is 63.2 Å². The van der Waals surface area contributed by atoms with Gasteiger partial charge in [-0.25, -0.2) is 0 Å². The zero-order chi connectivity index (χ0) is 22.0. The van der Waals surface area contributed by atoms with E-state index >= 15 is 0 Å². The smallest absolute Gasteiger partial charge is 0.254 e. The van der Waals surface area contributed by atoms with Gasteiger partial charge in [-0.2, -0.15) is 0 Å². The van der Waals surface area contributed by atoms with Gasteiger partial charge in [-0.1, -0.05) is 25.6 Å². The average molecular weight is 440 g/mol. The summed E-state index contributed by atoms with van der Waals surface area (Å²) in [5.74, 6) is 0.844. The zero-order valence-corrected chi connectivity index (χ0v) is 18.8. The Morgan fingerprint density at radius 1 is 1.16 bits per heavy atom. The van der Waals surface area contributed by atoms with Crippen LogP contribution < -0.4 is 10.1 Å². The molecule has 1 fully saturated rings. The minimum atomic E-state index is -0.0283. The van der Waals surface area contributed by atoms with E-state index in [0.29, 0.717) is 5.75 Å². The molecule has 1 amide bonds. The van der Waals surface area contributed by atoms with Gasteiger partial charge in [0.2, 0.25) is 0 Å². The van der Waals surface area contributed by atoms with Crippen molar-refractivity contribution in [2.24, 2.45) is 0 Å². The molecule has 2 aliphatic rings. The molecule has 32 heavy (non-hydrogen) atoms. The maximum atomic E-state index is 13.2. The van der Waals surface area contributed by atoms with E-state index < -0.39 is 0 Å². The lowest BCUT2D eigenvalue weighted by atomic mass is 9.93. The van der Waals surface area contributed by atoms with Gasteiger partial charge in [-0.3, -0.25) is 9.69 Å². The van der Waals surface area contributed by atoms with E-state index in [4.69, 9.17) is 4.74 Å². The van der Waals surface area contributed by atoms with Crippen LogP contribution in [-0.2, 0) is 19.5 Å². The van der Waals surface area contributed by atoms with Crippen molar-refractivity contribution in [3.05, 3.63) is 58.7 Å².